The maximum Gasteiger partial charge on any atom is 0.350 e. The summed E-state index contributed by atoms with van der Waals surface area (Å²) in [5, 5.41) is 4.66. The average molecular weight is 621 g/mol. The van der Waals surface area contributed by atoms with E-state index in [9.17, 15) is 14.0 Å². The molecule has 0 spiro atoms. The average Bonchev–Trinajstić information content (AvgIpc) is 3.12. The van der Waals surface area contributed by atoms with E-state index in [4.69, 9.17) is 27.9 Å². The highest BCUT2D eigenvalue weighted by molar-refractivity contribution is 7.99. The molecule has 3 heterocycles. The molecule has 0 bridgehead atoms. The van der Waals surface area contributed by atoms with Gasteiger partial charge in [0, 0.05) is 73.0 Å². The summed E-state index contributed by atoms with van der Waals surface area (Å²) in [5.41, 5.74) is 1.71. The molecular weight excluding hydrogens is 588 g/mol. The van der Waals surface area contributed by atoms with Crippen LogP contribution in [0.3, 0.4) is 0 Å². The number of amides is 1. The van der Waals surface area contributed by atoms with Crippen LogP contribution in [0.25, 0.3) is 22.0 Å². The molecule has 41 heavy (non-hydrogen) atoms. The first-order valence-electron chi connectivity index (χ1n) is 13.4. The fourth-order valence-corrected chi connectivity index (χ4v) is 7.68. The Bertz CT molecular complexity index is 1560. The van der Waals surface area contributed by atoms with E-state index in [1.807, 2.05) is 24.8 Å². The van der Waals surface area contributed by atoms with E-state index in [1.165, 1.54) is 12.1 Å². The molecule has 2 aliphatic rings. The molecule has 3 aromatic rings. The van der Waals surface area contributed by atoms with Crippen LogP contribution in [0.5, 0.6) is 0 Å². The zero-order valence-electron chi connectivity index (χ0n) is 23.1. The lowest BCUT2D eigenvalue weighted by molar-refractivity contribution is -0.130. The van der Waals surface area contributed by atoms with Crippen molar-refractivity contribution in [3.05, 3.63) is 63.3 Å². The predicted molar refractivity (Wildman–Crippen MR) is 164 cm³/mol. The quantitative estimate of drug-likeness (QED) is 0.300. The van der Waals surface area contributed by atoms with Crippen LogP contribution in [0.4, 0.5) is 10.2 Å². The number of ether oxygens (including phenoxy) is 1. The first kappa shape index (κ1) is 29.8. The van der Waals surface area contributed by atoms with Crippen molar-refractivity contribution in [1.29, 1.82) is 0 Å². The van der Waals surface area contributed by atoms with Crippen molar-refractivity contribution in [2.75, 3.05) is 44.0 Å². The Hall–Kier alpha value is -2.63. The number of nitrogens with zero attached hydrogens (tertiary/aromatic N) is 4. The number of aromatic nitrogens is 2. The lowest BCUT2D eigenvalue weighted by Gasteiger charge is -2.44. The smallest absolute Gasteiger partial charge is 0.350 e. The van der Waals surface area contributed by atoms with E-state index in [0.717, 1.165) is 15.8 Å². The summed E-state index contributed by atoms with van der Waals surface area (Å²) in [4.78, 5) is 35.5. The zero-order chi connectivity index (χ0) is 29.4. The largest absolute Gasteiger partial charge is 0.383 e. The Labute approximate surface area is 252 Å². The molecule has 1 unspecified atom stereocenters. The van der Waals surface area contributed by atoms with Crippen molar-refractivity contribution in [3.63, 3.8) is 0 Å². The molecule has 1 fully saturated rings. The van der Waals surface area contributed by atoms with Gasteiger partial charge in [0.25, 0.3) is 0 Å². The van der Waals surface area contributed by atoms with Gasteiger partial charge in [-0.3, -0.25) is 9.36 Å². The predicted octanol–water partition coefficient (Wildman–Crippen LogP) is 4.83. The summed E-state index contributed by atoms with van der Waals surface area (Å²) >= 11 is 14.8. The van der Waals surface area contributed by atoms with E-state index in [1.54, 1.807) is 35.6 Å². The molecule has 1 amide bonds. The van der Waals surface area contributed by atoms with Gasteiger partial charge >= 0.3 is 5.69 Å². The van der Waals surface area contributed by atoms with E-state index < -0.39 is 5.82 Å². The third-order valence-corrected chi connectivity index (χ3v) is 9.42. The first-order valence-corrected chi connectivity index (χ1v) is 15.2. The van der Waals surface area contributed by atoms with Gasteiger partial charge in [0.15, 0.2) is 0 Å². The molecular formula is C29H32Cl2FN5O3S. The molecule has 1 saturated heterocycles. The Morgan fingerprint density at radius 3 is 2.61 bits per heavy atom. The summed E-state index contributed by atoms with van der Waals surface area (Å²) in [6.45, 7) is 10.2. The van der Waals surface area contributed by atoms with Crippen molar-refractivity contribution < 1.29 is 13.9 Å². The topological polar surface area (TPSA) is 79.7 Å². The van der Waals surface area contributed by atoms with Crippen LogP contribution in [0.2, 0.25) is 10.0 Å². The number of carbonyl (C=O) groups is 1. The maximum atomic E-state index is 14.1. The fraction of sp³-hybridized carbons (Fsp3) is 0.414. The molecule has 0 saturated carbocycles. The SMILES string of the molecule is C=CC(=O)N1[C@H](C)CN(c2nc(=O)n3c4c(c(-c5ccc(F)c(Cl)c5)c(Cl)cc24)SCC(NCCOC)C3)C[C@@H]1C. The van der Waals surface area contributed by atoms with Crippen molar-refractivity contribution in [1.82, 2.24) is 19.8 Å². The summed E-state index contributed by atoms with van der Waals surface area (Å²) in [5.74, 6) is 0.548. The summed E-state index contributed by atoms with van der Waals surface area (Å²) < 4.78 is 21.0. The van der Waals surface area contributed by atoms with Gasteiger partial charge in [0.2, 0.25) is 5.91 Å². The molecule has 218 valence electrons. The van der Waals surface area contributed by atoms with Crippen molar-refractivity contribution in [3.8, 4) is 11.1 Å². The van der Waals surface area contributed by atoms with Crippen molar-refractivity contribution >= 4 is 57.6 Å². The Morgan fingerprint density at radius 1 is 1.22 bits per heavy atom. The van der Waals surface area contributed by atoms with Gasteiger partial charge < -0.3 is 19.9 Å². The van der Waals surface area contributed by atoms with Crippen LogP contribution in [-0.4, -0.2) is 77.6 Å². The van der Waals surface area contributed by atoms with Crippen LogP contribution >= 0.6 is 35.0 Å². The number of hydrogen-bond acceptors (Lipinski definition) is 7. The van der Waals surface area contributed by atoms with Gasteiger partial charge in [0.1, 0.15) is 11.6 Å². The molecule has 8 nitrogen and oxygen atoms in total. The number of anilines is 1. The molecule has 1 aromatic heterocycles. The molecule has 2 aliphatic heterocycles. The minimum Gasteiger partial charge on any atom is -0.383 e. The first-order chi connectivity index (χ1) is 19.6. The minimum atomic E-state index is -0.519. The van der Waals surface area contributed by atoms with Crippen LogP contribution in [0, 0.1) is 5.82 Å². The number of carbonyl (C=O) groups excluding carboxylic acids is 1. The van der Waals surface area contributed by atoms with Crippen LogP contribution < -0.4 is 15.9 Å². The van der Waals surface area contributed by atoms with Crippen LogP contribution in [-0.2, 0) is 16.1 Å². The summed E-state index contributed by atoms with van der Waals surface area (Å²) in [6.07, 6.45) is 1.33. The van der Waals surface area contributed by atoms with Crippen molar-refractivity contribution in [2.45, 2.75) is 43.4 Å². The van der Waals surface area contributed by atoms with Gasteiger partial charge in [-0.2, -0.15) is 4.98 Å². The Morgan fingerprint density at radius 2 is 1.95 bits per heavy atom. The normalized spacial score (nSPS) is 20.8. The number of hydrogen-bond donors (Lipinski definition) is 1. The molecule has 12 heteroatoms. The number of rotatable bonds is 7. The molecule has 2 aromatic carbocycles. The Balaban J connectivity index is 1.69. The van der Waals surface area contributed by atoms with Crippen LogP contribution in [0.1, 0.15) is 13.8 Å². The minimum absolute atomic E-state index is 0.00804. The van der Waals surface area contributed by atoms with Gasteiger partial charge in [0.05, 0.1) is 22.2 Å². The standard InChI is InChI=1S/C29H32Cl2FN5O3S/c1-5-24(38)37-16(2)12-35(13-17(37)3)28-20-11-22(31)25(18-6-7-23(32)21(30)10-18)27-26(20)36(29(39)34-28)14-19(15-41-27)33-8-9-40-4/h5-7,10-11,16-17,19,33H,1,8-9,12-15H2,2-4H3/t16-,17+,19?. The summed E-state index contributed by atoms with van der Waals surface area (Å²) in [7, 11) is 1.65. The van der Waals surface area contributed by atoms with Gasteiger partial charge in [-0.1, -0.05) is 35.8 Å². The number of nitrogens with one attached hydrogen (secondary N) is 1. The number of piperazine rings is 1. The monoisotopic (exact) mass is 619 g/mol. The second-order valence-electron chi connectivity index (χ2n) is 10.4. The lowest BCUT2D eigenvalue weighted by atomic mass is 10.0. The highest BCUT2D eigenvalue weighted by Gasteiger charge is 2.34. The van der Waals surface area contributed by atoms with Crippen LogP contribution in [0.15, 0.2) is 46.6 Å². The second kappa shape index (κ2) is 12.3. The second-order valence-corrected chi connectivity index (χ2v) is 12.3. The molecule has 0 radical (unpaired) electrons. The number of methoxy groups -OCH3 is 1. The zero-order valence-corrected chi connectivity index (χ0v) is 25.5. The maximum absolute atomic E-state index is 14.1. The molecule has 0 aliphatic carbocycles. The lowest BCUT2D eigenvalue weighted by Crippen LogP contribution is -2.58. The molecule has 5 rings (SSSR count). The fourth-order valence-electron chi connectivity index (χ4n) is 5.81. The van der Waals surface area contributed by atoms with Gasteiger partial charge in [-0.25, -0.2) is 9.18 Å². The van der Waals surface area contributed by atoms with E-state index >= 15 is 0 Å². The highest BCUT2D eigenvalue weighted by Crippen LogP contribution is 2.46. The summed E-state index contributed by atoms with van der Waals surface area (Å²) in [6, 6.07) is 6.07. The molecule has 3 atom stereocenters. The Kier molecular flexibility index (Phi) is 8.96. The number of benzene rings is 2. The van der Waals surface area contributed by atoms with Gasteiger partial charge in [-0.15, -0.1) is 11.8 Å². The number of thioether (sulfide) groups is 1. The van der Waals surface area contributed by atoms with E-state index in [-0.39, 0.29) is 34.7 Å². The van der Waals surface area contributed by atoms with Crippen molar-refractivity contribution in [2.24, 2.45) is 0 Å². The van der Waals surface area contributed by atoms with E-state index in [0.29, 0.717) is 60.5 Å². The molecule has 1 N–H and O–H groups in total. The third kappa shape index (κ3) is 5.72. The van der Waals surface area contributed by atoms with Gasteiger partial charge in [-0.05, 0) is 43.7 Å². The van der Waals surface area contributed by atoms with E-state index in [2.05, 4.69) is 21.8 Å². The number of halogens is 3. The third-order valence-electron chi connectivity index (χ3n) is 7.58. The highest BCUT2D eigenvalue weighted by atomic mass is 35.5.